The molecule has 2 amide bonds. The van der Waals surface area contributed by atoms with Gasteiger partial charge >= 0.3 is 0 Å². The molecule has 0 saturated heterocycles. The maximum Gasteiger partial charge on any atom is 0.257 e. The van der Waals surface area contributed by atoms with Crippen molar-refractivity contribution in [2.75, 3.05) is 19.6 Å². The molecule has 1 aromatic rings. The third-order valence-corrected chi connectivity index (χ3v) is 3.59. The normalized spacial score (nSPS) is 10.8. The summed E-state index contributed by atoms with van der Waals surface area (Å²) < 4.78 is 5.40. The van der Waals surface area contributed by atoms with Crippen LogP contribution < -0.4 is 5.32 Å². The maximum absolute atomic E-state index is 12.5. The van der Waals surface area contributed by atoms with Crippen LogP contribution in [0.25, 0.3) is 0 Å². The van der Waals surface area contributed by atoms with Crippen molar-refractivity contribution < 1.29 is 14.0 Å². The second-order valence-electron chi connectivity index (χ2n) is 5.99. The van der Waals surface area contributed by atoms with E-state index >= 15 is 0 Å². The van der Waals surface area contributed by atoms with Gasteiger partial charge in [-0.15, -0.1) is 0 Å². The van der Waals surface area contributed by atoms with Crippen LogP contribution in [0, 0.1) is 19.8 Å². The molecule has 0 saturated carbocycles. The highest BCUT2D eigenvalue weighted by atomic mass is 16.3. The number of amides is 2. The fraction of sp³-hybridized carbons (Fsp3) is 0.647. The first kappa shape index (κ1) is 18.3. The molecule has 0 atom stereocenters. The molecule has 1 aromatic heterocycles. The zero-order valence-electron chi connectivity index (χ0n) is 14.4. The predicted octanol–water partition coefficient (Wildman–Crippen LogP) is 2.91. The highest BCUT2D eigenvalue weighted by Crippen LogP contribution is 2.16. The van der Waals surface area contributed by atoms with Gasteiger partial charge in [-0.1, -0.05) is 13.8 Å². The largest absolute Gasteiger partial charge is 0.466 e. The van der Waals surface area contributed by atoms with Gasteiger partial charge < -0.3 is 14.6 Å². The van der Waals surface area contributed by atoms with E-state index in [0.29, 0.717) is 43.3 Å². The molecule has 5 nitrogen and oxygen atoms in total. The third kappa shape index (κ3) is 5.54. The summed E-state index contributed by atoms with van der Waals surface area (Å²) >= 11 is 0. The predicted molar refractivity (Wildman–Crippen MR) is 86.8 cm³/mol. The van der Waals surface area contributed by atoms with Gasteiger partial charge in [-0.25, -0.2) is 0 Å². The van der Waals surface area contributed by atoms with E-state index in [1.54, 1.807) is 17.9 Å². The Hall–Kier alpha value is -1.78. The minimum atomic E-state index is -0.0770. The van der Waals surface area contributed by atoms with Crippen LogP contribution in [0.3, 0.4) is 0 Å². The number of hydrogen-bond acceptors (Lipinski definition) is 3. The van der Waals surface area contributed by atoms with Crippen LogP contribution in [-0.2, 0) is 4.79 Å². The van der Waals surface area contributed by atoms with Gasteiger partial charge in [0.1, 0.15) is 11.5 Å². The zero-order valence-corrected chi connectivity index (χ0v) is 14.4. The van der Waals surface area contributed by atoms with Crippen LogP contribution in [0.2, 0.25) is 0 Å². The monoisotopic (exact) mass is 308 g/mol. The fourth-order valence-electron chi connectivity index (χ4n) is 2.24. The van der Waals surface area contributed by atoms with Crippen LogP contribution in [-0.4, -0.2) is 36.3 Å². The molecule has 0 unspecified atom stereocenters. The van der Waals surface area contributed by atoms with Gasteiger partial charge in [0.05, 0.1) is 5.56 Å². The Labute approximate surface area is 133 Å². The summed E-state index contributed by atoms with van der Waals surface area (Å²) in [7, 11) is 0. The van der Waals surface area contributed by atoms with E-state index in [0.717, 1.165) is 12.2 Å². The van der Waals surface area contributed by atoms with E-state index in [-0.39, 0.29) is 11.8 Å². The highest BCUT2D eigenvalue weighted by Gasteiger charge is 2.19. The molecule has 0 aromatic carbocycles. The van der Waals surface area contributed by atoms with Crippen molar-refractivity contribution in [3.05, 3.63) is 23.2 Å². The average molecular weight is 308 g/mol. The molecule has 0 aliphatic carbocycles. The molecule has 1 heterocycles. The summed E-state index contributed by atoms with van der Waals surface area (Å²) in [6.07, 6.45) is 1.29. The summed E-state index contributed by atoms with van der Waals surface area (Å²) in [4.78, 5) is 25.9. The number of nitrogens with one attached hydrogen (secondary N) is 1. The Morgan fingerprint density at radius 1 is 1.32 bits per heavy atom. The second kappa shape index (κ2) is 8.61. The molecule has 0 radical (unpaired) electrons. The molecule has 22 heavy (non-hydrogen) atoms. The summed E-state index contributed by atoms with van der Waals surface area (Å²) in [6.45, 7) is 11.5. The van der Waals surface area contributed by atoms with Gasteiger partial charge in [0, 0.05) is 26.1 Å². The Morgan fingerprint density at radius 3 is 2.50 bits per heavy atom. The van der Waals surface area contributed by atoms with Crippen LogP contribution in [0.15, 0.2) is 10.5 Å². The zero-order chi connectivity index (χ0) is 16.7. The fourth-order valence-corrected chi connectivity index (χ4v) is 2.24. The first-order valence-electron chi connectivity index (χ1n) is 7.98. The van der Waals surface area contributed by atoms with Gasteiger partial charge in [0.25, 0.3) is 5.91 Å². The lowest BCUT2D eigenvalue weighted by Crippen LogP contribution is -2.35. The minimum absolute atomic E-state index is 0.00741. The van der Waals surface area contributed by atoms with Crippen molar-refractivity contribution in [3.8, 4) is 0 Å². The SMILES string of the molecule is CCN(CCC(=O)NCCC(C)C)C(=O)c1cc(C)oc1C. The van der Waals surface area contributed by atoms with E-state index in [4.69, 9.17) is 4.42 Å². The molecule has 1 N–H and O–H groups in total. The topological polar surface area (TPSA) is 62.6 Å². The Morgan fingerprint density at radius 2 is 2.00 bits per heavy atom. The number of furan rings is 1. The van der Waals surface area contributed by atoms with Gasteiger partial charge in [-0.2, -0.15) is 0 Å². The standard InChI is InChI=1S/C17H28N2O3/c1-6-19(10-8-16(20)18-9-7-12(2)3)17(21)15-11-13(4)22-14(15)5/h11-12H,6-10H2,1-5H3,(H,18,20). The molecule has 0 spiro atoms. The van der Waals surface area contributed by atoms with Crippen LogP contribution in [0.5, 0.6) is 0 Å². The van der Waals surface area contributed by atoms with E-state index < -0.39 is 0 Å². The van der Waals surface area contributed by atoms with Crippen molar-refractivity contribution in [2.24, 2.45) is 5.92 Å². The molecule has 0 fully saturated rings. The molecule has 0 aliphatic rings. The summed E-state index contributed by atoms with van der Waals surface area (Å²) in [5, 5.41) is 2.89. The van der Waals surface area contributed by atoms with E-state index in [1.807, 2.05) is 13.8 Å². The van der Waals surface area contributed by atoms with Crippen molar-refractivity contribution in [2.45, 2.75) is 47.5 Å². The molecule has 0 aliphatic heterocycles. The van der Waals surface area contributed by atoms with Crippen LogP contribution in [0.1, 0.15) is 55.5 Å². The van der Waals surface area contributed by atoms with E-state index in [1.165, 1.54) is 0 Å². The number of nitrogens with zero attached hydrogens (tertiary/aromatic N) is 1. The molecular formula is C17H28N2O3. The number of carbonyl (C=O) groups is 2. The van der Waals surface area contributed by atoms with Gasteiger partial charge in [0.2, 0.25) is 5.91 Å². The molecule has 5 heteroatoms. The van der Waals surface area contributed by atoms with Crippen LogP contribution >= 0.6 is 0 Å². The maximum atomic E-state index is 12.5. The lowest BCUT2D eigenvalue weighted by molar-refractivity contribution is -0.121. The van der Waals surface area contributed by atoms with E-state index in [2.05, 4.69) is 19.2 Å². The van der Waals surface area contributed by atoms with Crippen molar-refractivity contribution in [3.63, 3.8) is 0 Å². The number of aryl methyl sites for hydroxylation is 2. The second-order valence-corrected chi connectivity index (χ2v) is 5.99. The lowest BCUT2D eigenvalue weighted by atomic mass is 10.1. The summed E-state index contributed by atoms with van der Waals surface area (Å²) in [5.74, 6) is 1.84. The van der Waals surface area contributed by atoms with E-state index in [9.17, 15) is 9.59 Å². The Kier molecular flexibility index (Phi) is 7.15. The van der Waals surface area contributed by atoms with Crippen molar-refractivity contribution >= 4 is 11.8 Å². The van der Waals surface area contributed by atoms with Crippen molar-refractivity contribution in [1.29, 1.82) is 0 Å². The smallest absolute Gasteiger partial charge is 0.257 e. The van der Waals surface area contributed by atoms with Crippen molar-refractivity contribution in [1.82, 2.24) is 10.2 Å². The number of rotatable bonds is 8. The first-order chi connectivity index (χ1) is 10.3. The molecule has 0 bridgehead atoms. The minimum Gasteiger partial charge on any atom is -0.466 e. The summed E-state index contributed by atoms with van der Waals surface area (Å²) in [5.41, 5.74) is 0.583. The van der Waals surface area contributed by atoms with Crippen LogP contribution in [0.4, 0.5) is 0 Å². The third-order valence-electron chi connectivity index (χ3n) is 3.59. The number of hydrogen-bond donors (Lipinski definition) is 1. The molecule has 124 valence electrons. The highest BCUT2D eigenvalue weighted by molar-refractivity contribution is 5.95. The summed E-state index contributed by atoms with van der Waals surface area (Å²) in [6, 6.07) is 1.75. The average Bonchev–Trinajstić information content (AvgIpc) is 2.77. The molecular weight excluding hydrogens is 280 g/mol. The van der Waals surface area contributed by atoms with Gasteiger partial charge in [-0.3, -0.25) is 9.59 Å². The quantitative estimate of drug-likeness (QED) is 0.803. The molecule has 1 rings (SSSR count). The first-order valence-corrected chi connectivity index (χ1v) is 7.98. The Balaban J connectivity index is 2.49. The Bertz CT molecular complexity index is 506. The lowest BCUT2D eigenvalue weighted by Gasteiger charge is -2.20. The van der Waals surface area contributed by atoms with Gasteiger partial charge in [-0.05, 0) is 39.2 Å². The van der Waals surface area contributed by atoms with Gasteiger partial charge in [0.15, 0.2) is 0 Å². The number of carbonyl (C=O) groups excluding carboxylic acids is 2.